The minimum atomic E-state index is -4.08. The number of piperidine rings is 1. The van der Waals surface area contributed by atoms with E-state index >= 15 is 0 Å². The van der Waals surface area contributed by atoms with Gasteiger partial charge in [0.05, 0.1) is 26.6 Å². The molecule has 2 heterocycles. The number of non-ortho nitro benzene ring substituents is 1. The lowest BCUT2D eigenvalue weighted by Gasteiger charge is -2.35. The van der Waals surface area contributed by atoms with E-state index in [1.54, 1.807) is 36.1 Å². The molecule has 1 aliphatic rings. The van der Waals surface area contributed by atoms with Crippen LogP contribution < -0.4 is 5.43 Å². The van der Waals surface area contributed by atoms with Crippen molar-refractivity contribution >= 4 is 45.1 Å². The molecule has 206 valence electrons. The summed E-state index contributed by atoms with van der Waals surface area (Å²) >= 11 is 1.15. The maximum atomic E-state index is 13.6. The molecule has 4 rings (SSSR count). The summed E-state index contributed by atoms with van der Waals surface area (Å²) in [7, 11) is -2.29. The molecule has 0 bridgehead atoms. The van der Waals surface area contributed by atoms with Gasteiger partial charge in [0.15, 0.2) is 5.16 Å². The van der Waals surface area contributed by atoms with Crippen LogP contribution in [0.1, 0.15) is 32.3 Å². The topological polar surface area (TPSA) is 166 Å². The fraction of sp³-hybridized carbons (Fsp3) is 0.333. The molecule has 1 aromatic heterocycles. The van der Waals surface area contributed by atoms with E-state index in [1.165, 1.54) is 28.7 Å². The summed E-state index contributed by atoms with van der Waals surface area (Å²) in [5, 5.41) is 27.8. The van der Waals surface area contributed by atoms with Crippen molar-refractivity contribution in [1.29, 1.82) is 0 Å². The van der Waals surface area contributed by atoms with Gasteiger partial charge in [0.1, 0.15) is 4.90 Å². The maximum absolute atomic E-state index is 13.6. The van der Waals surface area contributed by atoms with Crippen molar-refractivity contribution in [3.05, 3.63) is 74.6 Å². The van der Waals surface area contributed by atoms with Crippen molar-refractivity contribution in [2.45, 2.75) is 47.7 Å². The molecule has 2 unspecified atom stereocenters. The van der Waals surface area contributed by atoms with Gasteiger partial charge in [-0.1, -0.05) is 13.0 Å². The van der Waals surface area contributed by atoms with Crippen molar-refractivity contribution in [2.75, 3.05) is 12.0 Å². The highest BCUT2D eigenvalue weighted by molar-refractivity contribution is 7.99. The number of hydrogen-bond acceptors (Lipinski definition) is 10. The number of sulfonamides is 1. The number of aromatic nitrogens is 2. The molecule has 1 aliphatic heterocycles. The first-order valence-corrected chi connectivity index (χ1v) is 14.3. The lowest BCUT2D eigenvalue weighted by atomic mass is 9.95. The number of anilines is 1. The molecule has 3 aromatic rings. The summed E-state index contributed by atoms with van der Waals surface area (Å²) < 4.78 is 30.3. The Morgan fingerprint density at radius 2 is 1.92 bits per heavy atom. The smallest absolute Gasteiger partial charge is 0.283 e. The van der Waals surface area contributed by atoms with Crippen molar-refractivity contribution in [1.82, 2.24) is 13.9 Å². The van der Waals surface area contributed by atoms with E-state index in [4.69, 9.17) is 0 Å². The van der Waals surface area contributed by atoms with Gasteiger partial charge in [-0.15, -0.1) is 0 Å². The lowest BCUT2D eigenvalue weighted by molar-refractivity contribution is -0.387. The molecule has 13 nitrogen and oxygen atoms in total. The number of nitrogens with zero attached hydrogens (tertiary/aromatic N) is 6. The fourth-order valence-corrected chi connectivity index (χ4v) is 7.08. The van der Waals surface area contributed by atoms with Crippen LogP contribution in [0.5, 0.6) is 0 Å². The molecular weight excluding hydrogens is 546 g/mol. The fourth-order valence-electron chi connectivity index (χ4n) is 4.37. The number of nitro groups is 2. The number of nitrogens with one attached hydrogen (secondary N) is 1. The number of rotatable bonds is 9. The lowest BCUT2D eigenvalue weighted by Crippen LogP contribution is -2.44. The summed E-state index contributed by atoms with van der Waals surface area (Å²) in [6.07, 6.45) is 6.01. The normalized spacial score (nSPS) is 18.3. The van der Waals surface area contributed by atoms with Crippen molar-refractivity contribution in [3.8, 4) is 0 Å². The van der Waals surface area contributed by atoms with Gasteiger partial charge in [-0.25, -0.2) is 13.4 Å². The van der Waals surface area contributed by atoms with Crippen molar-refractivity contribution in [2.24, 2.45) is 18.1 Å². The van der Waals surface area contributed by atoms with Crippen molar-refractivity contribution in [3.63, 3.8) is 0 Å². The van der Waals surface area contributed by atoms with Crippen molar-refractivity contribution < 1.29 is 18.3 Å². The Balaban J connectivity index is 1.61. The molecule has 1 N–H and O–H groups in total. The Bertz CT molecular complexity index is 1540. The van der Waals surface area contributed by atoms with Crippen LogP contribution in [-0.4, -0.2) is 50.9 Å². The highest BCUT2D eigenvalue weighted by atomic mass is 32.2. The molecule has 2 atom stereocenters. The predicted molar refractivity (Wildman–Crippen MR) is 146 cm³/mol. The van der Waals surface area contributed by atoms with E-state index in [9.17, 15) is 28.6 Å². The van der Waals surface area contributed by atoms with Gasteiger partial charge in [-0.2, -0.15) is 9.41 Å². The Kier molecular flexibility index (Phi) is 8.32. The number of hydrazone groups is 1. The van der Waals surface area contributed by atoms with Gasteiger partial charge in [-0.05, 0) is 49.6 Å². The molecular formula is C24H27N7O6S2. The van der Waals surface area contributed by atoms with Crippen LogP contribution in [0.15, 0.2) is 68.8 Å². The first kappa shape index (κ1) is 28.2. The van der Waals surface area contributed by atoms with Crippen LogP contribution in [0, 0.1) is 26.1 Å². The second kappa shape index (κ2) is 11.5. The minimum absolute atomic E-state index is 0.0547. The summed E-state index contributed by atoms with van der Waals surface area (Å²) in [6.45, 7) is 4.19. The molecule has 0 radical (unpaired) electrons. The Hall–Kier alpha value is -3.82. The highest BCUT2D eigenvalue weighted by Gasteiger charge is 2.35. The van der Waals surface area contributed by atoms with Gasteiger partial charge < -0.3 is 4.57 Å². The zero-order valence-corrected chi connectivity index (χ0v) is 23.1. The molecule has 0 spiro atoms. The summed E-state index contributed by atoms with van der Waals surface area (Å²) in [5.41, 5.74) is 2.60. The Morgan fingerprint density at radius 3 is 2.56 bits per heavy atom. The molecule has 0 amide bonds. The highest BCUT2D eigenvalue weighted by Crippen LogP contribution is 2.35. The van der Waals surface area contributed by atoms with E-state index in [2.05, 4.69) is 22.4 Å². The number of hydrogen-bond donors (Lipinski definition) is 1. The van der Waals surface area contributed by atoms with Gasteiger partial charge in [0.25, 0.3) is 11.4 Å². The molecule has 1 fully saturated rings. The van der Waals surface area contributed by atoms with E-state index in [0.29, 0.717) is 40.9 Å². The van der Waals surface area contributed by atoms with E-state index in [0.717, 1.165) is 17.8 Å². The second-order valence-corrected chi connectivity index (χ2v) is 12.2. The number of nitro benzene ring substituents is 2. The SMILES string of the molecule is CC1CCN(S(=O)(=O)c2cc([N+](=O)[O-])ccc2N/N=C/c2ccc(Sc3nccn3C)c([N+](=O)[O-])c2)C(C)C1. The monoisotopic (exact) mass is 573 g/mol. The number of imidazole rings is 1. The van der Waals surface area contributed by atoms with Gasteiger partial charge in [0, 0.05) is 55.8 Å². The summed E-state index contributed by atoms with van der Waals surface area (Å²) in [6, 6.07) is 7.79. The maximum Gasteiger partial charge on any atom is 0.283 e. The van der Waals surface area contributed by atoms with Gasteiger partial charge >= 0.3 is 0 Å². The average molecular weight is 574 g/mol. The third-order valence-electron chi connectivity index (χ3n) is 6.40. The van der Waals surface area contributed by atoms with Crippen LogP contribution in [-0.2, 0) is 17.1 Å². The molecule has 0 saturated carbocycles. The van der Waals surface area contributed by atoms with E-state index < -0.39 is 19.9 Å². The average Bonchev–Trinajstić information content (AvgIpc) is 3.28. The third kappa shape index (κ3) is 6.26. The molecule has 39 heavy (non-hydrogen) atoms. The first-order valence-electron chi connectivity index (χ1n) is 12.0. The largest absolute Gasteiger partial charge is 0.329 e. The Labute approximate surface area is 229 Å². The van der Waals surface area contributed by atoms with Crippen LogP contribution in [0.4, 0.5) is 17.1 Å². The van der Waals surface area contributed by atoms with E-state index in [1.807, 2.05) is 6.92 Å². The standard InChI is InChI=1S/C24H27N7O6S2/c1-16-8-10-29(17(2)12-16)39(36,37)23-14-19(30(32)33)5-6-20(23)27-26-15-18-4-7-22(21(13-18)31(34)35)38-24-25-9-11-28(24)3/h4-7,9,11,13-17,27H,8,10,12H2,1-3H3/b26-15+. The van der Waals surface area contributed by atoms with Gasteiger partial charge in [0.2, 0.25) is 10.0 Å². The van der Waals surface area contributed by atoms with Crippen LogP contribution in [0.25, 0.3) is 0 Å². The number of benzene rings is 2. The third-order valence-corrected chi connectivity index (χ3v) is 9.59. The van der Waals surface area contributed by atoms with Crippen LogP contribution >= 0.6 is 11.8 Å². The predicted octanol–water partition coefficient (Wildman–Crippen LogP) is 4.64. The summed E-state index contributed by atoms with van der Waals surface area (Å²) in [4.78, 5) is 26.2. The zero-order valence-electron chi connectivity index (χ0n) is 21.4. The molecule has 0 aliphatic carbocycles. The quantitative estimate of drug-likeness (QED) is 0.218. The van der Waals surface area contributed by atoms with Crippen LogP contribution in [0.2, 0.25) is 0 Å². The number of aryl methyl sites for hydroxylation is 1. The Morgan fingerprint density at radius 1 is 1.15 bits per heavy atom. The van der Waals surface area contributed by atoms with E-state index in [-0.39, 0.29) is 28.0 Å². The molecule has 15 heteroatoms. The first-order chi connectivity index (χ1) is 18.5. The van der Waals surface area contributed by atoms with Crippen LogP contribution in [0.3, 0.4) is 0 Å². The molecule has 2 aromatic carbocycles. The molecule has 1 saturated heterocycles. The second-order valence-electron chi connectivity index (χ2n) is 9.31. The van der Waals surface area contributed by atoms with Gasteiger partial charge in [-0.3, -0.25) is 25.7 Å². The summed E-state index contributed by atoms with van der Waals surface area (Å²) in [5.74, 6) is 0.372. The zero-order chi connectivity index (χ0) is 28.3. The minimum Gasteiger partial charge on any atom is -0.329 e.